The van der Waals surface area contributed by atoms with Gasteiger partial charge < -0.3 is 18.8 Å². The maximum Gasteiger partial charge on any atom is 0.410 e. The van der Waals surface area contributed by atoms with Gasteiger partial charge in [0.15, 0.2) is 0 Å². The summed E-state index contributed by atoms with van der Waals surface area (Å²) in [6.45, 7) is 7.54. The van der Waals surface area contributed by atoms with Crippen LogP contribution in [0.15, 0.2) is 16.7 Å². The van der Waals surface area contributed by atoms with E-state index >= 15 is 0 Å². The molecular weight excluding hydrogens is 324 g/mol. The van der Waals surface area contributed by atoms with Crippen LogP contribution in [-0.2, 0) is 16.0 Å². The van der Waals surface area contributed by atoms with Crippen LogP contribution in [-0.4, -0.2) is 60.8 Å². The summed E-state index contributed by atoms with van der Waals surface area (Å²) < 4.78 is 15.4. The number of amides is 1. The molecule has 0 unspecified atom stereocenters. The van der Waals surface area contributed by atoms with Crippen molar-refractivity contribution in [1.82, 2.24) is 9.80 Å². The first kappa shape index (κ1) is 19.3. The van der Waals surface area contributed by atoms with Crippen molar-refractivity contribution in [2.45, 2.75) is 51.8 Å². The molecule has 1 amide bonds. The minimum absolute atomic E-state index is 0.251. The second kappa shape index (κ2) is 7.91. The molecule has 0 atom stereocenters. The van der Waals surface area contributed by atoms with Gasteiger partial charge in [-0.25, -0.2) is 9.59 Å². The van der Waals surface area contributed by atoms with Gasteiger partial charge in [0.1, 0.15) is 5.60 Å². The fraction of sp³-hybridized carbons (Fsp3) is 0.667. The number of methoxy groups -OCH3 is 1. The van der Waals surface area contributed by atoms with E-state index < -0.39 is 11.6 Å². The molecule has 7 heteroatoms. The summed E-state index contributed by atoms with van der Waals surface area (Å²) in [6.07, 6.45) is 2.97. The smallest absolute Gasteiger partial charge is 0.410 e. The van der Waals surface area contributed by atoms with Gasteiger partial charge in [-0.2, -0.15) is 0 Å². The summed E-state index contributed by atoms with van der Waals surface area (Å²) in [6, 6.07) is 2.12. The fourth-order valence-electron chi connectivity index (χ4n) is 2.95. The molecule has 1 aliphatic rings. The standard InChI is InChI=1S/C18H28N2O5/c1-18(2,3)25-17(22)20-9-6-14(7-10-20)19(4)12-13-8-11-24-15(13)16(21)23-5/h8,11,14H,6-7,9-10,12H2,1-5H3. The first-order valence-electron chi connectivity index (χ1n) is 8.54. The molecule has 0 aromatic carbocycles. The Hall–Kier alpha value is -2.02. The van der Waals surface area contributed by atoms with Gasteiger partial charge in [-0.15, -0.1) is 0 Å². The number of hydrogen-bond donors (Lipinski definition) is 0. The Morgan fingerprint density at radius 3 is 2.52 bits per heavy atom. The van der Waals surface area contributed by atoms with Crippen LogP contribution in [0.3, 0.4) is 0 Å². The first-order chi connectivity index (χ1) is 11.7. The average molecular weight is 352 g/mol. The monoisotopic (exact) mass is 352 g/mol. The maximum absolute atomic E-state index is 12.1. The third-order valence-corrected chi connectivity index (χ3v) is 4.28. The number of carbonyl (C=O) groups excluding carboxylic acids is 2. The summed E-state index contributed by atoms with van der Waals surface area (Å²) >= 11 is 0. The number of furan rings is 1. The number of ether oxygens (including phenoxy) is 2. The fourth-order valence-corrected chi connectivity index (χ4v) is 2.95. The van der Waals surface area contributed by atoms with Crippen molar-refractivity contribution in [2.24, 2.45) is 0 Å². The van der Waals surface area contributed by atoms with Crippen LogP contribution in [0.5, 0.6) is 0 Å². The number of esters is 1. The molecule has 25 heavy (non-hydrogen) atoms. The molecule has 140 valence electrons. The Morgan fingerprint density at radius 1 is 1.32 bits per heavy atom. The topological polar surface area (TPSA) is 72.2 Å². The number of carbonyl (C=O) groups is 2. The van der Waals surface area contributed by atoms with Gasteiger partial charge in [0, 0.05) is 31.2 Å². The molecule has 0 N–H and O–H groups in total. The zero-order valence-corrected chi connectivity index (χ0v) is 15.7. The van der Waals surface area contributed by atoms with Crippen LogP contribution in [0, 0.1) is 0 Å². The molecular formula is C18H28N2O5. The van der Waals surface area contributed by atoms with Crippen LogP contribution >= 0.6 is 0 Å². The lowest BCUT2D eigenvalue weighted by atomic mass is 10.0. The molecule has 1 aromatic rings. The molecule has 7 nitrogen and oxygen atoms in total. The normalized spacial score (nSPS) is 16.2. The van der Waals surface area contributed by atoms with E-state index in [1.807, 2.05) is 27.8 Å². The molecule has 0 spiro atoms. The summed E-state index contributed by atoms with van der Waals surface area (Å²) in [5, 5.41) is 0. The highest BCUT2D eigenvalue weighted by Crippen LogP contribution is 2.21. The third kappa shape index (κ3) is 5.22. The summed E-state index contributed by atoms with van der Waals surface area (Å²) in [4.78, 5) is 27.8. The number of hydrogen-bond acceptors (Lipinski definition) is 6. The Morgan fingerprint density at radius 2 is 1.96 bits per heavy atom. The quantitative estimate of drug-likeness (QED) is 0.776. The second-order valence-corrected chi connectivity index (χ2v) is 7.38. The number of likely N-dealkylation sites (tertiary alicyclic amines) is 1. The van der Waals surface area contributed by atoms with E-state index in [0.717, 1.165) is 18.4 Å². The van der Waals surface area contributed by atoms with Crippen LogP contribution in [0.4, 0.5) is 4.79 Å². The van der Waals surface area contributed by atoms with E-state index in [9.17, 15) is 9.59 Å². The van der Waals surface area contributed by atoms with Crippen molar-refractivity contribution in [2.75, 3.05) is 27.2 Å². The zero-order valence-electron chi connectivity index (χ0n) is 15.7. The second-order valence-electron chi connectivity index (χ2n) is 7.38. The summed E-state index contributed by atoms with van der Waals surface area (Å²) in [7, 11) is 3.35. The lowest BCUT2D eigenvalue weighted by Crippen LogP contribution is -2.46. The van der Waals surface area contributed by atoms with Gasteiger partial charge in [0.05, 0.1) is 13.4 Å². The largest absolute Gasteiger partial charge is 0.463 e. The van der Waals surface area contributed by atoms with E-state index in [2.05, 4.69) is 4.90 Å². The summed E-state index contributed by atoms with van der Waals surface area (Å²) in [5.41, 5.74) is 0.333. The average Bonchev–Trinajstić information content (AvgIpc) is 3.00. The minimum atomic E-state index is -0.476. The predicted molar refractivity (Wildman–Crippen MR) is 92.3 cm³/mol. The molecule has 1 aliphatic heterocycles. The third-order valence-electron chi connectivity index (χ3n) is 4.28. The number of piperidine rings is 1. The van der Waals surface area contributed by atoms with Crippen molar-refractivity contribution in [3.8, 4) is 0 Å². The molecule has 2 heterocycles. The number of rotatable bonds is 4. The molecule has 1 fully saturated rings. The first-order valence-corrected chi connectivity index (χ1v) is 8.54. The summed E-state index contributed by atoms with van der Waals surface area (Å²) in [5.74, 6) is -0.214. The maximum atomic E-state index is 12.1. The highest BCUT2D eigenvalue weighted by atomic mass is 16.6. The highest BCUT2D eigenvalue weighted by molar-refractivity contribution is 5.87. The lowest BCUT2D eigenvalue weighted by Gasteiger charge is -2.37. The Labute approximate surface area is 148 Å². The Kier molecular flexibility index (Phi) is 6.11. The molecule has 1 aromatic heterocycles. The van der Waals surface area contributed by atoms with Crippen molar-refractivity contribution < 1.29 is 23.5 Å². The Balaban J connectivity index is 1.87. The molecule has 0 radical (unpaired) electrons. The van der Waals surface area contributed by atoms with E-state index in [0.29, 0.717) is 25.7 Å². The SMILES string of the molecule is COC(=O)c1occc1CN(C)C1CCN(C(=O)OC(C)(C)C)CC1. The van der Waals surface area contributed by atoms with Gasteiger partial charge in [-0.1, -0.05) is 0 Å². The van der Waals surface area contributed by atoms with E-state index in [1.165, 1.54) is 13.4 Å². The van der Waals surface area contributed by atoms with Gasteiger partial charge in [-0.3, -0.25) is 4.90 Å². The lowest BCUT2D eigenvalue weighted by molar-refractivity contribution is 0.0152. The van der Waals surface area contributed by atoms with Crippen molar-refractivity contribution >= 4 is 12.1 Å². The van der Waals surface area contributed by atoms with E-state index in [4.69, 9.17) is 13.9 Å². The van der Waals surface area contributed by atoms with Crippen LogP contribution in [0.2, 0.25) is 0 Å². The molecule has 2 rings (SSSR count). The van der Waals surface area contributed by atoms with E-state index in [-0.39, 0.29) is 11.9 Å². The minimum Gasteiger partial charge on any atom is -0.463 e. The van der Waals surface area contributed by atoms with Gasteiger partial charge in [0.2, 0.25) is 5.76 Å². The number of nitrogens with zero attached hydrogens (tertiary/aromatic N) is 2. The predicted octanol–water partition coefficient (Wildman–Crippen LogP) is 2.90. The molecule has 0 bridgehead atoms. The molecule has 0 aliphatic carbocycles. The Bertz CT molecular complexity index is 597. The van der Waals surface area contributed by atoms with Gasteiger partial charge in [0.25, 0.3) is 0 Å². The molecule has 1 saturated heterocycles. The zero-order chi connectivity index (χ0) is 18.6. The highest BCUT2D eigenvalue weighted by Gasteiger charge is 2.29. The van der Waals surface area contributed by atoms with Crippen molar-refractivity contribution in [1.29, 1.82) is 0 Å². The van der Waals surface area contributed by atoms with Gasteiger partial charge in [-0.05, 0) is 46.7 Å². The van der Waals surface area contributed by atoms with Crippen molar-refractivity contribution in [3.05, 3.63) is 23.7 Å². The van der Waals surface area contributed by atoms with Crippen molar-refractivity contribution in [3.63, 3.8) is 0 Å². The van der Waals surface area contributed by atoms with Crippen LogP contribution in [0.25, 0.3) is 0 Å². The van der Waals surface area contributed by atoms with Crippen LogP contribution in [0.1, 0.15) is 49.7 Å². The van der Waals surface area contributed by atoms with Crippen LogP contribution < -0.4 is 0 Å². The van der Waals surface area contributed by atoms with Gasteiger partial charge >= 0.3 is 12.1 Å². The van der Waals surface area contributed by atoms with E-state index in [1.54, 1.807) is 11.0 Å². The molecule has 0 saturated carbocycles.